The number of para-hydroxylation sites is 1. The standard InChI is InChI=1S/C27H41N7O6S/c1-41-13-11-18(29)24(36)32-20(8-4-5-12-28)25(37)34-22(14-16-15-31-19-7-3-2-6-17(16)19)26(38)33-21(27(39)40)9-10-23(30)35/h2-3,6-7,15,18,20-22,31H,4-5,8-14,28-29H2,1H3,(H2,30,35)(H,32,36)(H,33,38)(H,34,37)(H,39,40). The first-order valence-corrected chi connectivity index (χ1v) is 14.9. The van der Waals surface area contributed by atoms with Gasteiger partial charge < -0.3 is 43.2 Å². The van der Waals surface area contributed by atoms with E-state index in [-0.39, 0.29) is 25.7 Å². The van der Waals surface area contributed by atoms with Crippen molar-refractivity contribution in [3.8, 4) is 0 Å². The second-order valence-electron chi connectivity index (χ2n) is 9.76. The van der Waals surface area contributed by atoms with Crippen LogP contribution >= 0.6 is 11.8 Å². The van der Waals surface area contributed by atoms with E-state index in [2.05, 4.69) is 20.9 Å². The fourth-order valence-corrected chi connectivity index (χ4v) is 4.72. The Morgan fingerprint density at radius 3 is 2.24 bits per heavy atom. The second kappa shape index (κ2) is 17.3. The highest BCUT2D eigenvalue weighted by atomic mass is 32.2. The van der Waals surface area contributed by atoms with Crippen molar-refractivity contribution in [1.82, 2.24) is 20.9 Å². The van der Waals surface area contributed by atoms with Crippen LogP contribution in [0.1, 0.15) is 44.1 Å². The summed E-state index contributed by atoms with van der Waals surface area (Å²) in [4.78, 5) is 65.7. The van der Waals surface area contributed by atoms with Gasteiger partial charge in [0.2, 0.25) is 23.6 Å². The van der Waals surface area contributed by atoms with Crippen LogP contribution in [-0.2, 0) is 30.4 Å². The molecular weight excluding hydrogens is 550 g/mol. The number of rotatable bonds is 19. The molecule has 0 saturated carbocycles. The molecule has 41 heavy (non-hydrogen) atoms. The lowest BCUT2D eigenvalue weighted by molar-refractivity contribution is -0.142. The molecule has 4 amide bonds. The Hall–Kier alpha value is -3.62. The third kappa shape index (κ3) is 11.1. The first-order chi connectivity index (χ1) is 19.6. The largest absolute Gasteiger partial charge is 0.480 e. The Bertz CT molecular complexity index is 1190. The summed E-state index contributed by atoms with van der Waals surface area (Å²) in [5.74, 6) is -3.24. The molecule has 4 atom stereocenters. The molecular formula is C27H41N7O6S. The highest BCUT2D eigenvalue weighted by molar-refractivity contribution is 7.98. The third-order valence-corrected chi connectivity index (χ3v) is 7.22. The number of H-pyrrole nitrogens is 1. The zero-order chi connectivity index (χ0) is 30.4. The Kier molecular flexibility index (Phi) is 14.1. The quantitative estimate of drug-likeness (QED) is 0.100. The molecule has 0 saturated heterocycles. The van der Waals surface area contributed by atoms with Crippen molar-refractivity contribution in [2.45, 2.75) is 69.1 Å². The molecule has 4 unspecified atom stereocenters. The van der Waals surface area contributed by atoms with Gasteiger partial charge in [0.05, 0.1) is 6.04 Å². The fourth-order valence-electron chi connectivity index (χ4n) is 4.23. The number of aromatic nitrogens is 1. The van der Waals surface area contributed by atoms with Gasteiger partial charge in [0.1, 0.15) is 18.1 Å². The number of aromatic amines is 1. The molecule has 2 aromatic rings. The number of carbonyl (C=O) groups is 5. The average molecular weight is 592 g/mol. The van der Waals surface area contributed by atoms with E-state index in [0.29, 0.717) is 37.1 Å². The van der Waals surface area contributed by atoms with Crippen LogP contribution < -0.4 is 33.2 Å². The minimum atomic E-state index is -1.40. The molecule has 0 radical (unpaired) electrons. The van der Waals surface area contributed by atoms with Gasteiger partial charge in [-0.05, 0) is 62.3 Å². The van der Waals surface area contributed by atoms with E-state index in [1.807, 2.05) is 30.5 Å². The van der Waals surface area contributed by atoms with Crippen molar-refractivity contribution in [2.75, 3.05) is 18.6 Å². The number of benzene rings is 1. The van der Waals surface area contributed by atoms with Gasteiger partial charge in [-0.3, -0.25) is 19.2 Å². The second-order valence-corrected chi connectivity index (χ2v) is 10.7. The number of hydrogen-bond acceptors (Lipinski definition) is 8. The van der Waals surface area contributed by atoms with E-state index in [1.165, 1.54) is 0 Å². The number of hydrogen-bond donors (Lipinski definition) is 8. The summed E-state index contributed by atoms with van der Waals surface area (Å²) in [6.45, 7) is 0.406. The van der Waals surface area contributed by atoms with Gasteiger partial charge in [0, 0.05) is 29.9 Å². The van der Waals surface area contributed by atoms with Crippen LogP contribution in [0.4, 0.5) is 0 Å². The number of thioether (sulfide) groups is 1. The van der Waals surface area contributed by atoms with Crippen molar-refractivity contribution >= 4 is 52.3 Å². The summed E-state index contributed by atoms with van der Waals surface area (Å²) in [6.07, 6.45) is 5.04. The monoisotopic (exact) mass is 591 g/mol. The zero-order valence-electron chi connectivity index (χ0n) is 23.2. The summed E-state index contributed by atoms with van der Waals surface area (Å²) in [6, 6.07) is 3.01. The van der Waals surface area contributed by atoms with Gasteiger partial charge in [-0.25, -0.2) is 4.79 Å². The summed E-state index contributed by atoms with van der Waals surface area (Å²) in [5, 5.41) is 18.2. The summed E-state index contributed by atoms with van der Waals surface area (Å²) in [7, 11) is 0. The molecule has 1 aromatic heterocycles. The number of fused-ring (bicyclic) bond motifs is 1. The van der Waals surface area contributed by atoms with Gasteiger partial charge in [-0.15, -0.1) is 0 Å². The first-order valence-electron chi connectivity index (χ1n) is 13.5. The number of carboxylic acid groups (broad SMARTS) is 1. The van der Waals surface area contributed by atoms with Crippen LogP contribution in [0.15, 0.2) is 30.5 Å². The summed E-state index contributed by atoms with van der Waals surface area (Å²) in [5.41, 5.74) is 18.3. The minimum absolute atomic E-state index is 0.0282. The van der Waals surface area contributed by atoms with Gasteiger partial charge in [-0.2, -0.15) is 11.8 Å². The Labute approximate surface area is 243 Å². The molecule has 226 valence electrons. The van der Waals surface area contributed by atoms with E-state index in [4.69, 9.17) is 17.2 Å². The van der Waals surface area contributed by atoms with Gasteiger partial charge >= 0.3 is 5.97 Å². The number of nitrogens with one attached hydrogen (secondary N) is 4. The molecule has 1 aromatic carbocycles. The highest BCUT2D eigenvalue weighted by Crippen LogP contribution is 2.19. The van der Waals surface area contributed by atoms with Crippen LogP contribution in [-0.4, -0.2) is 82.4 Å². The van der Waals surface area contributed by atoms with Crippen molar-refractivity contribution in [1.29, 1.82) is 0 Å². The number of amides is 4. The van der Waals surface area contributed by atoms with Gasteiger partial charge in [-0.1, -0.05) is 18.2 Å². The van der Waals surface area contributed by atoms with Gasteiger partial charge in [0.25, 0.3) is 0 Å². The lowest BCUT2D eigenvalue weighted by Crippen LogP contribution is -2.57. The minimum Gasteiger partial charge on any atom is -0.480 e. The van der Waals surface area contributed by atoms with E-state index >= 15 is 0 Å². The number of carboxylic acids is 1. The number of primary amides is 1. The maximum atomic E-state index is 13.5. The lowest BCUT2D eigenvalue weighted by Gasteiger charge is -2.25. The Balaban J connectivity index is 2.30. The van der Waals surface area contributed by atoms with Crippen LogP contribution in [0.2, 0.25) is 0 Å². The highest BCUT2D eigenvalue weighted by Gasteiger charge is 2.31. The van der Waals surface area contributed by atoms with Crippen LogP contribution in [0.25, 0.3) is 10.9 Å². The number of carbonyl (C=O) groups excluding carboxylic acids is 4. The molecule has 0 bridgehead atoms. The summed E-state index contributed by atoms with van der Waals surface area (Å²) < 4.78 is 0. The smallest absolute Gasteiger partial charge is 0.326 e. The molecule has 0 aliphatic heterocycles. The van der Waals surface area contributed by atoms with E-state index in [1.54, 1.807) is 18.0 Å². The Morgan fingerprint density at radius 1 is 0.927 bits per heavy atom. The zero-order valence-corrected chi connectivity index (χ0v) is 24.0. The van der Waals surface area contributed by atoms with Crippen LogP contribution in [0.5, 0.6) is 0 Å². The molecule has 0 aliphatic rings. The van der Waals surface area contributed by atoms with Crippen LogP contribution in [0.3, 0.4) is 0 Å². The molecule has 0 fully saturated rings. The molecule has 0 aliphatic carbocycles. The predicted octanol–water partition coefficient (Wildman–Crippen LogP) is -0.276. The first kappa shape index (κ1) is 33.6. The molecule has 1 heterocycles. The van der Waals surface area contributed by atoms with Crippen molar-refractivity contribution in [2.24, 2.45) is 17.2 Å². The molecule has 0 spiro atoms. The van der Waals surface area contributed by atoms with Gasteiger partial charge in [0.15, 0.2) is 0 Å². The molecule has 14 heteroatoms. The third-order valence-electron chi connectivity index (χ3n) is 6.58. The van der Waals surface area contributed by atoms with E-state index < -0.39 is 53.8 Å². The maximum absolute atomic E-state index is 13.5. The topological polar surface area (TPSA) is 236 Å². The average Bonchev–Trinajstić information content (AvgIpc) is 3.35. The number of nitrogens with two attached hydrogens (primary N) is 3. The maximum Gasteiger partial charge on any atom is 0.326 e. The van der Waals surface area contributed by atoms with E-state index in [0.717, 1.165) is 10.9 Å². The van der Waals surface area contributed by atoms with Crippen molar-refractivity contribution in [3.63, 3.8) is 0 Å². The molecule has 2 rings (SSSR count). The molecule has 13 nitrogen and oxygen atoms in total. The number of unbranched alkanes of at least 4 members (excludes halogenated alkanes) is 1. The van der Waals surface area contributed by atoms with Crippen molar-refractivity contribution < 1.29 is 29.1 Å². The van der Waals surface area contributed by atoms with E-state index in [9.17, 15) is 29.1 Å². The lowest BCUT2D eigenvalue weighted by atomic mass is 10.0. The Morgan fingerprint density at radius 2 is 1.59 bits per heavy atom. The van der Waals surface area contributed by atoms with Crippen LogP contribution in [0, 0.1) is 0 Å². The van der Waals surface area contributed by atoms with Crippen molar-refractivity contribution in [3.05, 3.63) is 36.0 Å². The predicted molar refractivity (Wildman–Crippen MR) is 158 cm³/mol. The fraction of sp³-hybridized carbons (Fsp3) is 0.519. The summed E-state index contributed by atoms with van der Waals surface area (Å²) >= 11 is 1.55. The number of aliphatic carboxylic acids is 1. The normalized spacial score (nSPS) is 14.0. The molecule has 11 N–H and O–H groups in total. The SMILES string of the molecule is CSCCC(N)C(=O)NC(CCCCN)C(=O)NC(Cc1c[nH]c2ccccc12)C(=O)NC(CCC(N)=O)C(=O)O.